The van der Waals surface area contributed by atoms with Gasteiger partial charge >= 0.3 is 43.1 Å². The fraction of sp³-hybridized carbons (Fsp3) is 0.412. The summed E-state index contributed by atoms with van der Waals surface area (Å²) in [4.78, 5) is 36.0. The first kappa shape index (κ1) is 24.9. The summed E-state index contributed by atoms with van der Waals surface area (Å²) in [6.45, 7) is 2.87. The number of rotatable bonds is 8. The molecule has 148 valence electrons. The number of esters is 3. The number of carbonyl (C=O) groups is 3. The van der Waals surface area contributed by atoms with Crippen LogP contribution in [0.2, 0.25) is 0 Å². The van der Waals surface area contributed by atoms with Crippen molar-refractivity contribution in [1.82, 2.24) is 5.32 Å². The fourth-order valence-corrected chi connectivity index (χ4v) is 2.65. The van der Waals surface area contributed by atoms with Gasteiger partial charge in [-0.05, 0) is 26.5 Å². The van der Waals surface area contributed by atoms with Crippen molar-refractivity contribution in [2.45, 2.75) is 23.3 Å². The van der Waals surface area contributed by atoms with Crippen LogP contribution in [0, 0.1) is 42.6 Å². The second-order valence-corrected chi connectivity index (χ2v) is 7.96. The van der Waals surface area contributed by atoms with Gasteiger partial charge in [-0.15, -0.1) is 17.4 Å². The molecule has 2 N–H and O–H groups in total. The van der Waals surface area contributed by atoms with Gasteiger partial charge in [-0.3, -0.25) is 9.59 Å². The third-order valence-electron chi connectivity index (χ3n) is 4.04. The number of hydrogen-bond acceptors (Lipinski definition) is 9. The molecule has 0 spiro atoms. The van der Waals surface area contributed by atoms with E-state index in [4.69, 9.17) is 19.3 Å². The number of fused-ring (bicyclic) bond motifs is 2. The van der Waals surface area contributed by atoms with E-state index in [9.17, 15) is 14.4 Å². The van der Waals surface area contributed by atoms with Crippen LogP contribution >= 0.6 is 22.6 Å². The molecule has 2 aromatic rings. The third-order valence-corrected chi connectivity index (χ3v) is 5.41. The van der Waals surface area contributed by atoms with Crippen molar-refractivity contribution in [3.8, 4) is 5.75 Å². The minimum Gasteiger partial charge on any atom is -0.606 e. The predicted octanol–water partition coefficient (Wildman–Crippen LogP) is 1.58. The summed E-state index contributed by atoms with van der Waals surface area (Å²) in [6.07, 6.45) is 2.06. The van der Waals surface area contributed by atoms with E-state index in [1.807, 2.05) is 29.5 Å². The number of alkyl halides is 1. The van der Waals surface area contributed by atoms with Crippen LogP contribution in [0.1, 0.15) is 29.8 Å². The molecule has 2 heterocycles. The molecule has 2 aromatic heterocycles. The monoisotopic (exact) mass is 726 g/mol. The molecule has 9 nitrogen and oxygen atoms in total. The first-order valence-electron chi connectivity index (χ1n) is 7.73. The van der Waals surface area contributed by atoms with Crippen molar-refractivity contribution in [1.29, 1.82) is 5.41 Å². The van der Waals surface area contributed by atoms with E-state index in [2.05, 4.69) is 22.3 Å². The summed E-state index contributed by atoms with van der Waals surface area (Å²) in [5.74, 6) is -2.37. The van der Waals surface area contributed by atoms with E-state index < -0.39 is 27.9 Å². The molecule has 2 rings (SSSR count). The topological polar surface area (TPSA) is 128 Å². The van der Waals surface area contributed by atoms with Crippen LogP contribution in [0.3, 0.4) is 0 Å². The Hall–Kier alpha value is -1.16. The van der Waals surface area contributed by atoms with E-state index in [0.29, 0.717) is 0 Å². The normalized spacial score (nSPS) is 13.9. The maximum atomic E-state index is 12.2. The molecule has 0 fully saturated rings. The number of benzene rings is 1. The van der Waals surface area contributed by atoms with Crippen LogP contribution in [0.5, 0.6) is 5.75 Å². The Morgan fingerprint density at radius 1 is 1.43 bits per heavy atom. The van der Waals surface area contributed by atoms with E-state index >= 15 is 0 Å². The van der Waals surface area contributed by atoms with Crippen LogP contribution in [0.4, 0.5) is 0 Å². The van der Waals surface area contributed by atoms with E-state index in [1.165, 1.54) is 7.11 Å². The Bertz CT molecular complexity index is 880. The predicted molar refractivity (Wildman–Crippen MR) is 102 cm³/mol. The van der Waals surface area contributed by atoms with Gasteiger partial charge in [-0.2, -0.15) is 6.07 Å². The van der Waals surface area contributed by atoms with Crippen molar-refractivity contribution in [3.05, 3.63) is 17.2 Å². The Labute approximate surface area is 198 Å². The van der Waals surface area contributed by atoms with Crippen molar-refractivity contribution < 1.29 is 64.1 Å². The summed E-state index contributed by atoms with van der Waals surface area (Å²) in [5, 5.41) is 10.2. The summed E-state index contributed by atoms with van der Waals surface area (Å²) < 4.78 is 19.1. The van der Waals surface area contributed by atoms with E-state index in [-0.39, 0.29) is 65.2 Å². The Kier molecular flexibility index (Phi) is 8.93. The quantitative estimate of drug-likeness (QED) is 0.105. The molecule has 2 unspecified atom stereocenters. The molecule has 11 heteroatoms. The van der Waals surface area contributed by atoms with E-state index in [1.54, 1.807) is 14.0 Å². The Morgan fingerprint density at radius 3 is 2.61 bits per heavy atom. The van der Waals surface area contributed by atoms with Gasteiger partial charge in [0.2, 0.25) is 0 Å². The van der Waals surface area contributed by atoms with Crippen molar-refractivity contribution in [2.75, 3.05) is 20.8 Å². The SMILES string of the molecule is CNC(C)C(C)(I)C(=O)OCC(=O)Oc1[c-]c2oc1c(C(=O)OC)c2[C-]=N.[U+2]. The van der Waals surface area contributed by atoms with Gasteiger partial charge in [0, 0.05) is 11.8 Å². The van der Waals surface area contributed by atoms with Gasteiger partial charge in [-0.25, -0.2) is 10.4 Å². The number of methoxy groups -OCH3 is 1. The maximum Gasteiger partial charge on any atom is 2.00 e. The molecule has 0 aromatic carbocycles. The zero-order chi connectivity index (χ0) is 20.4. The summed E-state index contributed by atoms with van der Waals surface area (Å²) >= 11 is 1.94. The number of halogens is 1. The summed E-state index contributed by atoms with van der Waals surface area (Å²) in [6, 6.07) is 2.42. The molecule has 28 heavy (non-hydrogen) atoms. The molecule has 0 saturated heterocycles. The fourth-order valence-electron chi connectivity index (χ4n) is 2.18. The van der Waals surface area contributed by atoms with Crippen LogP contribution in [0.25, 0.3) is 11.2 Å². The zero-order valence-electron chi connectivity index (χ0n) is 15.5. The minimum atomic E-state index is -0.881. The molecule has 0 aliphatic rings. The number of carbonyl (C=O) groups excluding carboxylic acids is 3. The van der Waals surface area contributed by atoms with Crippen LogP contribution in [0.15, 0.2) is 4.42 Å². The molecule has 2 bridgehead atoms. The van der Waals surface area contributed by atoms with E-state index in [0.717, 1.165) is 0 Å². The number of furan rings is 2. The standard InChI is InChI=1S/C17H17IN2O7.U/c1-8(20-3)17(2,18)16(23)25-7-12(21)26-11-5-10-9(6-19)13(14(11)27-10)15(22)24-4;/h8,19-20H,7H2,1-4H3;/q-2;+2. The molecule has 0 radical (unpaired) electrons. The van der Waals surface area contributed by atoms with Crippen molar-refractivity contribution >= 4 is 57.9 Å². The molecule has 2 atom stereocenters. The Morgan fingerprint density at radius 2 is 2.07 bits per heavy atom. The van der Waals surface area contributed by atoms with Crippen molar-refractivity contribution in [3.63, 3.8) is 0 Å². The van der Waals surface area contributed by atoms with Gasteiger partial charge < -0.3 is 29.4 Å². The smallest absolute Gasteiger partial charge is 0.606 e. The molecule has 0 saturated carbocycles. The van der Waals surface area contributed by atoms with Gasteiger partial charge in [0.05, 0.1) is 7.11 Å². The Balaban J connectivity index is 0.00000392. The van der Waals surface area contributed by atoms with Gasteiger partial charge in [0.25, 0.3) is 5.97 Å². The first-order chi connectivity index (χ1) is 12.7. The minimum absolute atomic E-state index is 0. The summed E-state index contributed by atoms with van der Waals surface area (Å²) in [5.41, 5.74) is -0.0785. The van der Waals surface area contributed by atoms with Crippen LogP contribution < -0.4 is 10.1 Å². The average Bonchev–Trinajstić information content (AvgIpc) is 3.21. The van der Waals surface area contributed by atoms with Crippen molar-refractivity contribution in [2.24, 2.45) is 0 Å². The van der Waals surface area contributed by atoms with Gasteiger partial charge in [-0.1, -0.05) is 22.6 Å². The molecule has 0 aliphatic heterocycles. The van der Waals surface area contributed by atoms with Crippen LogP contribution in [-0.4, -0.2) is 54.4 Å². The van der Waals surface area contributed by atoms with Gasteiger partial charge in [0.1, 0.15) is 3.42 Å². The number of ether oxygens (including phenoxy) is 3. The number of hydrogen-bond donors (Lipinski definition) is 2. The first-order valence-corrected chi connectivity index (χ1v) is 8.81. The van der Waals surface area contributed by atoms with Crippen LogP contribution in [-0.2, 0) is 19.1 Å². The average molecular weight is 726 g/mol. The maximum absolute atomic E-state index is 12.2. The second-order valence-electron chi connectivity index (χ2n) is 5.72. The molecular weight excluding hydrogens is 709 g/mol. The summed E-state index contributed by atoms with van der Waals surface area (Å²) in [7, 11) is 2.88. The molecular formula is C17H17IN2O7U. The second kappa shape index (κ2) is 10.0. The molecule has 0 aliphatic carbocycles. The third kappa shape index (κ3) is 4.87. The molecule has 0 amide bonds. The van der Waals surface area contributed by atoms with Gasteiger partial charge in [0.15, 0.2) is 6.61 Å². The zero-order valence-corrected chi connectivity index (χ0v) is 21.8. The largest absolute Gasteiger partial charge is 2.00 e. The number of nitrogens with one attached hydrogen (secondary N) is 2.